The highest BCUT2D eigenvalue weighted by molar-refractivity contribution is 5.86. The normalized spacial score (nSPS) is 11.9. The quantitative estimate of drug-likeness (QED) is 0.500. The molecule has 0 radical (unpaired) electrons. The topological polar surface area (TPSA) is 56.1 Å². The number of para-hydroxylation sites is 2. The van der Waals surface area contributed by atoms with E-state index >= 15 is 0 Å². The zero-order valence-electron chi connectivity index (χ0n) is 17.2. The van der Waals surface area contributed by atoms with Crippen molar-refractivity contribution in [3.8, 4) is 5.75 Å². The molecule has 0 bridgehead atoms. The van der Waals surface area contributed by atoms with Gasteiger partial charge in [0.15, 0.2) is 0 Å². The van der Waals surface area contributed by atoms with Gasteiger partial charge in [-0.3, -0.25) is 9.78 Å². The van der Waals surface area contributed by atoms with Gasteiger partial charge in [0.05, 0.1) is 7.11 Å². The molecule has 1 N–H and O–H groups in total. The first-order chi connectivity index (χ1) is 14.7. The van der Waals surface area contributed by atoms with Crippen molar-refractivity contribution in [3.63, 3.8) is 0 Å². The van der Waals surface area contributed by atoms with Crippen LogP contribution in [0.3, 0.4) is 0 Å². The summed E-state index contributed by atoms with van der Waals surface area (Å²) in [6.45, 7) is 0.482. The lowest BCUT2D eigenvalue weighted by Gasteiger charge is -2.20. The molecule has 1 unspecified atom stereocenters. The van der Waals surface area contributed by atoms with Gasteiger partial charge in [0.25, 0.3) is 0 Å². The lowest BCUT2D eigenvalue weighted by Crippen LogP contribution is -2.25. The van der Waals surface area contributed by atoms with Crippen molar-refractivity contribution in [1.82, 2.24) is 14.9 Å². The predicted molar refractivity (Wildman–Crippen MR) is 118 cm³/mol. The van der Waals surface area contributed by atoms with Crippen molar-refractivity contribution in [3.05, 3.63) is 95.9 Å². The molecule has 152 valence electrons. The summed E-state index contributed by atoms with van der Waals surface area (Å²) >= 11 is 0. The summed E-state index contributed by atoms with van der Waals surface area (Å²) < 4.78 is 7.75. The Balaban J connectivity index is 1.68. The molecule has 2 aromatic heterocycles. The molecule has 5 heteroatoms. The zero-order chi connectivity index (χ0) is 20.9. The number of hydrogen-bond donors (Lipinski definition) is 1. The molecule has 0 aliphatic heterocycles. The minimum Gasteiger partial charge on any atom is -0.496 e. The first kappa shape index (κ1) is 19.7. The number of carbonyl (C=O) groups is 1. The van der Waals surface area contributed by atoms with Crippen molar-refractivity contribution in [2.24, 2.45) is 7.05 Å². The van der Waals surface area contributed by atoms with Crippen LogP contribution in [-0.4, -0.2) is 22.6 Å². The second kappa shape index (κ2) is 8.82. The number of aromatic nitrogens is 2. The van der Waals surface area contributed by atoms with E-state index in [-0.39, 0.29) is 11.8 Å². The lowest BCUT2D eigenvalue weighted by atomic mass is 9.87. The SMILES string of the molecule is COc1ccccc1C(CC(=O)NCc1ccncc1)c1cn(C)c2ccccc12. The van der Waals surface area contributed by atoms with Crippen LogP contribution in [0, 0.1) is 0 Å². The number of pyridine rings is 1. The summed E-state index contributed by atoms with van der Waals surface area (Å²) in [5, 5.41) is 4.20. The van der Waals surface area contributed by atoms with Crippen LogP contribution in [0.2, 0.25) is 0 Å². The van der Waals surface area contributed by atoms with Crippen molar-refractivity contribution in [1.29, 1.82) is 0 Å². The number of ether oxygens (including phenoxy) is 1. The molecule has 5 nitrogen and oxygen atoms in total. The van der Waals surface area contributed by atoms with Gasteiger partial charge in [-0.15, -0.1) is 0 Å². The minimum absolute atomic E-state index is 0.00403. The third-order valence-electron chi connectivity index (χ3n) is 5.45. The van der Waals surface area contributed by atoms with E-state index in [1.165, 1.54) is 0 Å². The first-order valence-corrected chi connectivity index (χ1v) is 10.00. The van der Waals surface area contributed by atoms with Gasteiger partial charge < -0.3 is 14.6 Å². The number of fused-ring (bicyclic) bond motifs is 1. The second-order valence-corrected chi connectivity index (χ2v) is 7.34. The molecular weight excluding hydrogens is 374 g/mol. The highest BCUT2D eigenvalue weighted by Crippen LogP contribution is 2.38. The maximum absolute atomic E-state index is 12.9. The monoisotopic (exact) mass is 399 g/mol. The Labute approximate surface area is 176 Å². The predicted octanol–water partition coefficient (Wildman–Crippen LogP) is 4.42. The third kappa shape index (κ3) is 4.06. The molecule has 0 aliphatic carbocycles. The van der Waals surface area contributed by atoms with Crippen molar-refractivity contribution in [2.45, 2.75) is 18.9 Å². The fourth-order valence-corrected chi connectivity index (χ4v) is 3.95. The largest absolute Gasteiger partial charge is 0.496 e. The Kier molecular flexibility index (Phi) is 5.80. The first-order valence-electron chi connectivity index (χ1n) is 10.00. The molecule has 1 amide bonds. The number of benzene rings is 2. The van der Waals surface area contributed by atoms with Gasteiger partial charge in [-0.1, -0.05) is 36.4 Å². The van der Waals surface area contributed by atoms with E-state index in [1.54, 1.807) is 19.5 Å². The Hall–Kier alpha value is -3.60. The van der Waals surface area contributed by atoms with E-state index in [0.29, 0.717) is 13.0 Å². The number of nitrogens with zero attached hydrogens (tertiary/aromatic N) is 2. The molecule has 30 heavy (non-hydrogen) atoms. The van der Waals surface area contributed by atoms with E-state index in [2.05, 4.69) is 33.2 Å². The fraction of sp³-hybridized carbons (Fsp3) is 0.200. The van der Waals surface area contributed by atoms with E-state index < -0.39 is 0 Å². The molecule has 0 saturated heterocycles. The summed E-state index contributed by atoms with van der Waals surface area (Å²) in [6.07, 6.45) is 5.92. The van der Waals surface area contributed by atoms with Gasteiger partial charge in [0.1, 0.15) is 5.75 Å². The van der Waals surface area contributed by atoms with Gasteiger partial charge in [0.2, 0.25) is 5.91 Å². The average Bonchev–Trinajstić information content (AvgIpc) is 3.13. The second-order valence-electron chi connectivity index (χ2n) is 7.34. The summed E-state index contributed by atoms with van der Waals surface area (Å²) in [4.78, 5) is 17.0. The van der Waals surface area contributed by atoms with Crippen LogP contribution in [-0.2, 0) is 18.4 Å². The Bertz CT molecular complexity index is 1150. The number of hydrogen-bond acceptors (Lipinski definition) is 3. The van der Waals surface area contributed by atoms with E-state index in [1.807, 2.05) is 55.6 Å². The molecule has 0 aliphatic rings. The average molecular weight is 399 g/mol. The number of rotatable bonds is 7. The van der Waals surface area contributed by atoms with Crippen LogP contribution in [0.5, 0.6) is 5.75 Å². The summed E-state index contributed by atoms with van der Waals surface area (Å²) in [6, 6.07) is 20.0. The van der Waals surface area contributed by atoms with Crippen molar-refractivity contribution in [2.75, 3.05) is 7.11 Å². The molecule has 4 aromatic rings. The van der Waals surface area contributed by atoms with E-state index in [4.69, 9.17) is 4.74 Å². The van der Waals surface area contributed by atoms with Gasteiger partial charge >= 0.3 is 0 Å². The van der Waals surface area contributed by atoms with Crippen molar-refractivity contribution >= 4 is 16.8 Å². The maximum Gasteiger partial charge on any atom is 0.221 e. The fourth-order valence-electron chi connectivity index (χ4n) is 3.95. The number of nitrogens with one attached hydrogen (secondary N) is 1. The molecule has 4 rings (SSSR count). The van der Waals surface area contributed by atoms with Crippen LogP contribution in [0.4, 0.5) is 0 Å². The highest BCUT2D eigenvalue weighted by Gasteiger charge is 2.24. The Morgan fingerprint density at radius 2 is 1.77 bits per heavy atom. The number of carbonyl (C=O) groups excluding carboxylic acids is 1. The Morgan fingerprint density at radius 1 is 1.03 bits per heavy atom. The van der Waals surface area contributed by atoms with Gasteiger partial charge in [0, 0.05) is 61.0 Å². The van der Waals surface area contributed by atoms with Crippen LogP contribution in [0.1, 0.15) is 29.0 Å². The number of methoxy groups -OCH3 is 1. The Morgan fingerprint density at radius 3 is 2.57 bits per heavy atom. The van der Waals surface area contributed by atoms with Crippen LogP contribution < -0.4 is 10.1 Å². The summed E-state index contributed by atoms with van der Waals surface area (Å²) in [7, 11) is 3.71. The molecule has 0 spiro atoms. The molecule has 2 aromatic carbocycles. The van der Waals surface area contributed by atoms with Crippen LogP contribution in [0.25, 0.3) is 10.9 Å². The summed E-state index contributed by atoms with van der Waals surface area (Å²) in [5.74, 6) is 0.665. The third-order valence-corrected chi connectivity index (χ3v) is 5.45. The van der Waals surface area contributed by atoms with Gasteiger partial charge in [-0.2, -0.15) is 0 Å². The van der Waals surface area contributed by atoms with E-state index in [9.17, 15) is 4.79 Å². The smallest absolute Gasteiger partial charge is 0.221 e. The molecular formula is C25H25N3O2. The molecule has 0 saturated carbocycles. The molecule has 0 fully saturated rings. The summed E-state index contributed by atoms with van der Waals surface area (Å²) in [5.41, 5.74) is 4.30. The van der Waals surface area contributed by atoms with Gasteiger partial charge in [-0.05, 0) is 35.4 Å². The maximum atomic E-state index is 12.9. The zero-order valence-corrected chi connectivity index (χ0v) is 17.2. The molecule has 2 heterocycles. The lowest BCUT2D eigenvalue weighted by molar-refractivity contribution is -0.121. The number of aryl methyl sites for hydroxylation is 1. The van der Waals surface area contributed by atoms with Crippen molar-refractivity contribution < 1.29 is 9.53 Å². The van der Waals surface area contributed by atoms with Crippen LogP contribution in [0.15, 0.2) is 79.3 Å². The van der Waals surface area contributed by atoms with Gasteiger partial charge in [-0.25, -0.2) is 0 Å². The number of amides is 1. The minimum atomic E-state index is -0.121. The molecule has 1 atom stereocenters. The standard InChI is InChI=1S/C25H25N3O2/c1-28-17-22(19-7-3-5-9-23(19)28)21(20-8-4-6-10-24(20)30-2)15-25(29)27-16-18-11-13-26-14-12-18/h3-14,17,21H,15-16H2,1-2H3,(H,27,29). The highest BCUT2D eigenvalue weighted by atomic mass is 16.5. The van der Waals surface area contributed by atoms with Crippen LogP contribution >= 0.6 is 0 Å². The van der Waals surface area contributed by atoms with E-state index in [0.717, 1.165) is 33.3 Å².